The minimum absolute atomic E-state index is 0.0903. The molecule has 2 aromatic rings. The lowest BCUT2D eigenvalue weighted by molar-refractivity contribution is -0.139. The molecule has 4 rings (SSSR count). The van der Waals surface area contributed by atoms with Crippen LogP contribution in [0.4, 0.5) is 0 Å². The van der Waals surface area contributed by atoms with Crippen LogP contribution < -0.4 is 4.72 Å². The number of rotatable bonds is 8. The number of nitrogens with one attached hydrogen (secondary N) is 1. The van der Waals surface area contributed by atoms with Gasteiger partial charge in [-0.3, -0.25) is 4.79 Å². The lowest BCUT2D eigenvalue weighted by atomic mass is 9.84. The highest BCUT2D eigenvalue weighted by atomic mass is 32.2. The molecule has 166 valence electrons. The molecule has 1 aliphatic heterocycles. The Morgan fingerprint density at radius 1 is 1.06 bits per heavy atom. The van der Waals surface area contributed by atoms with Crippen molar-refractivity contribution in [2.45, 2.75) is 44.2 Å². The summed E-state index contributed by atoms with van der Waals surface area (Å²) in [6, 6.07) is 17.9. The molecule has 2 aromatic carbocycles. The van der Waals surface area contributed by atoms with E-state index in [-0.39, 0.29) is 29.8 Å². The van der Waals surface area contributed by atoms with Crippen LogP contribution in [0.15, 0.2) is 54.6 Å². The van der Waals surface area contributed by atoms with E-state index in [4.69, 9.17) is 4.74 Å². The zero-order chi connectivity index (χ0) is 21.8. The molecule has 1 aliphatic carbocycles. The van der Waals surface area contributed by atoms with E-state index in [0.717, 1.165) is 36.0 Å². The van der Waals surface area contributed by atoms with Gasteiger partial charge in [-0.1, -0.05) is 61.0 Å². The van der Waals surface area contributed by atoms with E-state index in [0.29, 0.717) is 19.4 Å². The van der Waals surface area contributed by atoms with Gasteiger partial charge in [-0.15, -0.1) is 0 Å². The van der Waals surface area contributed by atoms with E-state index in [1.165, 1.54) is 7.11 Å². The number of hydrogen-bond acceptors (Lipinski definition) is 4. The second kappa shape index (κ2) is 9.51. The van der Waals surface area contributed by atoms with E-state index in [1.54, 1.807) is 0 Å². The molecule has 1 amide bonds. The first-order chi connectivity index (χ1) is 15.0. The first kappa shape index (κ1) is 22.0. The molecule has 1 saturated heterocycles. The van der Waals surface area contributed by atoms with E-state index in [9.17, 15) is 13.2 Å². The number of amides is 1. The molecule has 1 saturated carbocycles. The third kappa shape index (κ3) is 5.17. The average molecular weight is 443 g/mol. The molecule has 0 aromatic heterocycles. The first-order valence-electron chi connectivity index (χ1n) is 10.9. The van der Waals surface area contributed by atoms with Gasteiger partial charge in [0, 0.05) is 25.6 Å². The van der Waals surface area contributed by atoms with Crippen molar-refractivity contribution in [1.82, 2.24) is 9.62 Å². The van der Waals surface area contributed by atoms with E-state index in [1.807, 2.05) is 29.2 Å². The smallest absolute Gasteiger partial charge is 0.236 e. The maximum atomic E-state index is 13.1. The van der Waals surface area contributed by atoms with Gasteiger partial charge in [0.2, 0.25) is 15.9 Å². The molecule has 2 fully saturated rings. The van der Waals surface area contributed by atoms with Crippen LogP contribution >= 0.6 is 0 Å². The van der Waals surface area contributed by atoms with Crippen LogP contribution in [0.25, 0.3) is 11.1 Å². The van der Waals surface area contributed by atoms with Crippen LogP contribution in [-0.4, -0.2) is 50.9 Å². The summed E-state index contributed by atoms with van der Waals surface area (Å²) in [5.74, 6) is -0.118. The Labute approximate surface area is 184 Å². The lowest BCUT2D eigenvalue weighted by Gasteiger charge is -2.34. The molecule has 31 heavy (non-hydrogen) atoms. The first-order valence-corrected chi connectivity index (χ1v) is 12.6. The largest absolute Gasteiger partial charge is 0.367 e. The quantitative estimate of drug-likeness (QED) is 0.681. The number of methoxy groups -OCH3 is 1. The number of ether oxygens (including phenoxy) is 1. The molecule has 6 nitrogen and oxygen atoms in total. The van der Waals surface area contributed by atoms with Gasteiger partial charge in [0.15, 0.2) is 5.94 Å². The molecule has 1 N–H and O–H groups in total. The van der Waals surface area contributed by atoms with Crippen LogP contribution in [0.3, 0.4) is 0 Å². The van der Waals surface area contributed by atoms with Crippen molar-refractivity contribution in [3.05, 3.63) is 60.2 Å². The molecule has 0 unspecified atom stereocenters. The van der Waals surface area contributed by atoms with Gasteiger partial charge in [-0.05, 0) is 42.4 Å². The highest BCUT2D eigenvalue weighted by Crippen LogP contribution is 2.33. The fourth-order valence-corrected chi connectivity index (χ4v) is 5.69. The maximum Gasteiger partial charge on any atom is 0.236 e. The van der Waals surface area contributed by atoms with Crippen molar-refractivity contribution in [2.24, 2.45) is 5.92 Å². The fraction of sp³-hybridized carbons (Fsp3) is 0.458. The summed E-state index contributed by atoms with van der Waals surface area (Å²) < 4.78 is 32.4. The Kier molecular flexibility index (Phi) is 6.74. The average Bonchev–Trinajstić information content (AvgIpc) is 3.09. The summed E-state index contributed by atoms with van der Waals surface area (Å²) in [5.41, 5.74) is 3.34. The topological polar surface area (TPSA) is 75.7 Å². The Bertz CT molecular complexity index is 1010. The summed E-state index contributed by atoms with van der Waals surface area (Å²) >= 11 is 0. The molecule has 7 heteroatoms. The van der Waals surface area contributed by atoms with E-state index >= 15 is 0 Å². The molecule has 1 heterocycles. The normalized spacial score (nSPS) is 21.8. The zero-order valence-electron chi connectivity index (χ0n) is 17.9. The van der Waals surface area contributed by atoms with Gasteiger partial charge in [-0.2, -0.15) is 0 Å². The number of sulfonamides is 1. The van der Waals surface area contributed by atoms with Crippen LogP contribution in [0.5, 0.6) is 0 Å². The molecule has 2 atom stereocenters. The van der Waals surface area contributed by atoms with Crippen LogP contribution in [0, 0.1) is 5.92 Å². The summed E-state index contributed by atoms with van der Waals surface area (Å²) in [4.78, 5) is 15.0. The SMILES string of the molecule is COCS(=O)(=O)N[C@H]1CCN(C(=O)C2CCC2)[C@H]1Cc1cccc(-c2ccccc2)c1. The van der Waals surface area contributed by atoms with Crippen molar-refractivity contribution in [2.75, 3.05) is 19.6 Å². The highest BCUT2D eigenvalue weighted by Gasteiger charge is 2.42. The Morgan fingerprint density at radius 2 is 1.81 bits per heavy atom. The zero-order valence-corrected chi connectivity index (χ0v) is 18.7. The number of likely N-dealkylation sites (tertiary alicyclic amines) is 1. The number of carbonyl (C=O) groups excluding carboxylic acids is 1. The van der Waals surface area contributed by atoms with Crippen LogP contribution in [0.2, 0.25) is 0 Å². The third-order valence-electron chi connectivity index (χ3n) is 6.37. The van der Waals surface area contributed by atoms with E-state index in [2.05, 4.69) is 35.1 Å². The second-order valence-corrected chi connectivity index (χ2v) is 10.2. The van der Waals surface area contributed by atoms with Gasteiger partial charge >= 0.3 is 0 Å². The lowest BCUT2D eigenvalue weighted by Crippen LogP contribution is -2.50. The predicted octanol–water partition coefficient (Wildman–Crippen LogP) is 3.19. The molecular weight excluding hydrogens is 412 g/mol. The van der Waals surface area contributed by atoms with Gasteiger partial charge in [-0.25, -0.2) is 13.1 Å². The van der Waals surface area contributed by atoms with Crippen molar-refractivity contribution < 1.29 is 17.9 Å². The van der Waals surface area contributed by atoms with Gasteiger partial charge in [0.05, 0.1) is 6.04 Å². The molecule has 0 spiro atoms. The van der Waals surface area contributed by atoms with Gasteiger partial charge < -0.3 is 9.64 Å². The fourth-order valence-electron chi connectivity index (χ4n) is 4.58. The molecular formula is C24H30N2O4S. The predicted molar refractivity (Wildman–Crippen MR) is 121 cm³/mol. The van der Waals surface area contributed by atoms with Gasteiger partial charge in [0.25, 0.3) is 0 Å². The standard InChI is InChI=1S/C24H30N2O4S/c1-30-17-31(28,29)25-22-13-14-26(24(27)20-10-6-11-20)23(22)16-18-7-5-12-21(15-18)19-8-3-2-4-9-19/h2-5,7-9,12,15,20,22-23,25H,6,10-11,13-14,16-17H2,1H3/t22-,23-/m0/s1. The Hall–Kier alpha value is -2.22. The van der Waals surface area contributed by atoms with Crippen molar-refractivity contribution in [1.29, 1.82) is 0 Å². The van der Waals surface area contributed by atoms with Crippen LogP contribution in [-0.2, 0) is 26.0 Å². The Morgan fingerprint density at radius 3 is 2.48 bits per heavy atom. The molecule has 0 radical (unpaired) electrons. The Balaban J connectivity index is 1.58. The summed E-state index contributed by atoms with van der Waals surface area (Å²) in [5, 5.41) is 0. The number of carbonyl (C=O) groups is 1. The highest BCUT2D eigenvalue weighted by molar-refractivity contribution is 7.89. The van der Waals surface area contributed by atoms with Gasteiger partial charge in [0.1, 0.15) is 0 Å². The summed E-state index contributed by atoms with van der Waals surface area (Å²) in [6.07, 6.45) is 4.19. The summed E-state index contributed by atoms with van der Waals surface area (Å²) in [7, 11) is -2.19. The number of benzene rings is 2. The monoisotopic (exact) mass is 442 g/mol. The molecule has 2 aliphatic rings. The van der Waals surface area contributed by atoms with Crippen molar-refractivity contribution in [3.8, 4) is 11.1 Å². The van der Waals surface area contributed by atoms with Crippen molar-refractivity contribution in [3.63, 3.8) is 0 Å². The van der Waals surface area contributed by atoms with Crippen molar-refractivity contribution >= 4 is 15.9 Å². The number of hydrogen-bond donors (Lipinski definition) is 1. The second-order valence-electron chi connectivity index (χ2n) is 8.53. The number of nitrogens with zero attached hydrogens (tertiary/aromatic N) is 1. The van der Waals surface area contributed by atoms with Crippen LogP contribution in [0.1, 0.15) is 31.2 Å². The summed E-state index contributed by atoms with van der Waals surface area (Å²) in [6.45, 7) is 0.582. The minimum Gasteiger partial charge on any atom is -0.367 e. The maximum absolute atomic E-state index is 13.1. The van der Waals surface area contributed by atoms with E-state index < -0.39 is 10.0 Å². The third-order valence-corrected chi connectivity index (χ3v) is 7.57. The molecule has 0 bridgehead atoms. The minimum atomic E-state index is -3.56.